The number of hydrogen-bond acceptors (Lipinski definition) is 6. The number of carbonyl (C=O) groups is 1. The Morgan fingerprint density at radius 2 is 2.24 bits per heavy atom. The first-order chi connectivity index (χ1) is 9.97. The van der Waals surface area contributed by atoms with E-state index < -0.39 is 4.92 Å². The minimum absolute atomic E-state index is 0.0685. The molecule has 0 fully saturated rings. The van der Waals surface area contributed by atoms with Gasteiger partial charge in [-0.15, -0.1) is 0 Å². The molecule has 116 valence electrons. The highest BCUT2D eigenvalue weighted by Gasteiger charge is 2.13. The molecule has 0 spiro atoms. The van der Waals surface area contributed by atoms with Gasteiger partial charge in [0.1, 0.15) is 5.75 Å². The molecule has 0 aliphatic carbocycles. The minimum atomic E-state index is -0.512. The van der Waals surface area contributed by atoms with Gasteiger partial charge in [-0.2, -0.15) is 0 Å². The third kappa shape index (κ3) is 5.36. The van der Waals surface area contributed by atoms with E-state index >= 15 is 0 Å². The molecular weight excluding hydrogens is 278 g/mol. The van der Waals surface area contributed by atoms with Gasteiger partial charge in [0, 0.05) is 37.4 Å². The van der Waals surface area contributed by atoms with E-state index in [1.165, 1.54) is 18.2 Å². The molecule has 0 aliphatic rings. The van der Waals surface area contributed by atoms with Gasteiger partial charge in [-0.1, -0.05) is 0 Å². The number of nitro benzene ring substituents is 1. The Balaban J connectivity index is 2.62. The first-order valence-corrected chi connectivity index (χ1v) is 6.36. The number of nitrogens with two attached hydrogens (primary N) is 1. The second-order valence-corrected chi connectivity index (χ2v) is 4.47. The summed E-state index contributed by atoms with van der Waals surface area (Å²) >= 11 is 0. The van der Waals surface area contributed by atoms with Gasteiger partial charge in [0.25, 0.3) is 11.6 Å². The minimum Gasteiger partial charge on any atom is -0.483 e. The summed E-state index contributed by atoms with van der Waals surface area (Å²) < 4.78 is 10.3. The molecular formula is C13H19N3O5. The molecule has 0 saturated heterocycles. The molecule has 1 aromatic rings. The van der Waals surface area contributed by atoms with Crippen LogP contribution in [-0.4, -0.2) is 37.2 Å². The van der Waals surface area contributed by atoms with E-state index in [4.69, 9.17) is 15.2 Å². The summed E-state index contributed by atoms with van der Waals surface area (Å²) in [5.41, 5.74) is 5.93. The van der Waals surface area contributed by atoms with Crippen molar-refractivity contribution in [2.24, 2.45) is 5.73 Å². The summed E-state index contributed by atoms with van der Waals surface area (Å²) in [7, 11) is 1.55. The molecule has 0 radical (unpaired) electrons. The Labute approximate surface area is 122 Å². The maximum Gasteiger partial charge on any atom is 0.270 e. The van der Waals surface area contributed by atoms with Gasteiger partial charge >= 0.3 is 0 Å². The first-order valence-electron chi connectivity index (χ1n) is 6.36. The zero-order valence-electron chi connectivity index (χ0n) is 12.0. The molecule has 1 aromatic carbocycles. The lowest BCUT2D eigenvalue weighted by Gasteiger charge is -2.14. The van der Waals surface area contributed by atoms with Crippen LogP contribution in [-0.2, 0) is 16.1 Å². The number of nitrogens with one attached hydrogen (secondary N) is 1. The highest BCUT2D eigenvalue weighted by Crippen LogP contribution is 2.23. The van der Waals surface area contributed by atoms with E-state index in [0.717, 1.165) is 0 Å². The zero-order chi connectivity index (χ0) is 15.8. The third-order valence-electron chi connectivity index (χ3n) is 2.66. The number of nitro groups is 1. The van der Waals surface area contributed by atoms with Crippen molar-refractivity contribution in [3.8, 4) is 5.75 Å². The molecule has 8 nitrogen and oxygen atoms in total. The lowest BCUT2D eigenvalue weighted by atomic mass is 10.2. The first kappa shape index (κ1) is 16.9. The second-order valence-electron chi connectivity index (χ2n) is 4.47. The van der Waals surface area contributed by atoms with Crippen LogP contribution >= 0.6 is 0 Å². The van der Waals surface area contributed by atoms with Crippen LogP contribution in [0.2, 0.25) is 0 Å². The molecule has 0 bridgehead atoms. The Morgan fingerprint density at radius 1 is 1.52 bits per heavy atom. The van der Waals surface area contributed by atoms with Gasteiger partial charge in [-0.05, 0) is 13.0 Å². The maximum absolute atomic E-state index is 11.6. The molecule has 0 aromatic heterocycles. The predicted octanol–water partition coefficient (Wildman–Crippen LogP) is 0.583. The van der Waals surface area contributed by atoms with Crippen LogP contribution in [0.25, 0.3) is 0 Å². The molecule has 21 heavy (non-hydrogen) atoms. The molecule has 1 rings (SSSR count). The molecule has 0 aliphatic heterocycles. The molecule has 8 heteroatoms. The highest BCUT2D eigenvalue weighted by molar-refractivity contribution is 5.77. The van der Waals surface area contributed by atoms with Gasteiger partial charge in [-0.3, -0.25) is 14.9 Å². The summed E-state index contributed by atoms with van der Waals surface area (Å²) in [6.07, 6.45) is 0. The van der Waals surface area contributed by atoms with Crippen LogP contribution in [0.4, 0.5) is 5.69 Å². The number of methoxy groups -OCH3 is 1. The fraction of sp³-hybridized carbons (Fsp3) is 0.462. The normalized spacial score (nSPS) is 11.8. The lowest BCUT2D eigenvalue weighted by Crippen LogP contribution is -2.38. The number of benzene rings is 1. The molecule has 1 amide bonds. The SMILES string of the molecule is COCC(C)NC(=O)COc1ccc([N+](=O)[O-])cc1CN. The molecule has 1 atom stereocenters. The zero-order valence-corrected chi connectivity index (χ0v) is 12.0. The molecule has 0 saturated carbocycles. The average molecular weight is 297 g/mol. The number of amides is 1. The van der Waals surface area contributed by atoms with Gasteiger partial charge in [0.05, 0.1) is 11.5 Å². The van der Waals surface area contributed by atoms with Gasteiger partial charge in [0.2, 0.25) is 0 Å². The van der Waals surface area contributed by atoms with Gasteiger partial charge < -0.3 is 20.5 Å². The summed E-state index contributed by atoms with van der Waals surface area (Å²) in [6.45, 7) is 2.09. The van der Waals surface area contributed by atoms with E-state index in [1.54, 1.807) is 14.0 Å². The van der Waals surface area contributed by atoms with Crippen molar-refractivity contribution in [2.45, 2.75) is 19.5 Å². The van der Waals surface area contributed by atoms with Crippen LogP contribution in [0, 0.1) is 10.1 Å². The van der Waals surface area contributed by atoms with Crippen LogP contribution in [0.5, 0.6) is 5.75 Å². The second kappa shape index (κ2) is 8.18. The van der Waals surface area contributed by atoms with Crippen molar-refractivity contribution in [1.82, 2.24) is 5.32 Å². The van der Waals surface area contributed by atoms with Crippen LogP contribution in [0.15, 0.2) is 18.2 Å². The Kier molecular flexibility index (Phi) is 6.57. The monoisotopic (exact) mass is 297 g/mol. The van der Waals surface area contributed by atoms with Crippen molar-refractivity contribution >= 4 is 11.6 Å². The van der Waals surface area contributed by atoms with Gasteiger partial charge in [-0.25, -0.2) is 0 Å². The predicted molar refractivity (Wildman–Crippen MR) is 76.0 cm³/mol. The van der Waals surface area contributed by atoms with Crippen LogP contribution in [0.1, 0.15) is 12.5 Å². The van der Waals surface area contributed by atoms with Crippen LogP contribution < -0.4 is 15.8 Å². The van der Waals surface area contributed by atoms with Crippen molar-refractivity contribution in [2.75, 3.05) is 20.3 Å². The number of ether oxygens (including phenoxy) is 2. The van der Waals surface area contributed by atoms with Crippen molar-refractivity contribution in [1.29, 1.82) is 0 Å². The fourth-order valence-electron chi connectivity index (χ4n) is 1.73. The standard InChI is InChI=1S/C13H19N3O5/c1-9(7-20-2)15-13(17)8-21-12-4-3-11(16(18)19)5-10(12)6-14/h3-5,9H,6-8,14H2,1-2H3,(H,15,17). The summed E-state index contributed by atoms with van der Waals surface area (Å²) in [5.74, 6) is 0.0542. The van der Waals surface area contributed by atoms with E-state index in [1.807, 2.05) is 0 Å². The van der Waals surface area contributed by atoms with Gasteiger partial charge in [0.15, 0.2) is 6.61 Å². The number of nitrogens with zero attached hydrogens (tertiary/aromatic N) is 1. The Morgan fingerprint density at radius 3 is 2.81 bits per heavy atom. The molecule has 1 unspecified atom stereocenters. The summed E-state index contributed by atoms with van der Waals surface area (Å²) in [6, 6.07) is 3.95. The van der Waals surface area contributed by atoms with Crippen molar-refractivity contribution in [3.05, 3.63) is 33.9 Å². The third-order valence-corrected chi connectivity index (χ3v) is 2.66. The summed E-state index contributed by atoms with van der Waals surface area (Å²) in [5, 5.41) is 13.4. The molecule has 3 N–H and O–H groups in total. The largest absolute Gasteiger partial charge is 0.483 e. The van der Waals surface area contributed by atoms with Crippen molar-refractivity contribution in [3.63, 3.8) is 0 Å². The van der Waals surface area contributed by atoms with E-state index in [-0.39, 0.29) is 30.8 Å². The number of non-ortho nitro benzene ring substituents is 1. The number of hydrogen-bond donors (Lipinski definition) is 2. The van der Waals surface area contributed by atoms with Crippen LogP contribution in [0.3, 0.4) is 0 Å². The lowest BCUT2D eigenvalue weighted by molar-refractivity contribution is -0.384. The topological polar surface area (TPSA) is 117 Å². The molecule has 0 heterocycles. The smallest absolute Gasteiger partial charge is 0.270 e. The maximum atomic E-state index is 11.6. The van der Waals surface area contributed by atoms with Crippen molar-refractivity contribution < 1.29 is 19.2 Å². The average Bonchev–Trinajstić information content (AvgIpc) is 2.44. The Bertz CT molecular complexity index is 507. The number of rotatable bonds is 8. The summed E-state index contributed by atoms with van der Waals surface area (Å²) in [4.78, 5) is 21.8. The Hall–Kier alpha value is -2.19. The van der Waals surface area contributed by atoms with E-state index in [0.29, 0.717) is 17.9 Å². The van der Waals surface area contributed by atoms with E-state index in [9.17, 15) is 14.9 Å². The highest BCUT2D eigenvalue weighted by atomic mass is 16.6. The quantitative estimate of drug-likeness (QED) is 0.535. The number of carbonyl (C=O) groups excluding carboxylic acids is 1. The fourth-order valence-corrected chi connectivity index (χ4v) is 1.73. The van der Waals surface area contributed by atoms with E-state index in [2.05, 4.69) is 5.32 Å².